The zero-order valence-corrected chi connectivity index (χ0v) is 14.5. The summed E-state index contributed by atoms with van der Waals surface area (Å²) in [5.41, 5.74) is 2.16. The van der Waals surface area contributed by atoms with Crippen LogP contribution in [0.3, 0.4) is 0 Å². The van der Waals surface area contributed by atoms with Gasteiger partial charge in [-0.3, -0.25) is 0 Å². The zero-order valence-electron chi connectivity index (χ0n) is 14.5. The molecule has 3 N–H and O–H groups in total. The summed E-state index contributed by atoms with van der Waals surface area (Å²) >= 11 is 0. The SMILES string of the molecule is O=C(NCC(O)C(O)c1ccc(-n2cncn2)cc1)OCc1ccccc1. The molecular weight excluding hydrogens is 348 g/mol. The number of aliphatic hydroxyl groups is 2. The van der Waals surface area contributed by atoms with E-state index in [1.165, 1.54) is 6.33 Å². The maximum atomic E-state index is 11.7. The van der Waals surface area contributed by atoms with E-state index in [2.05, 4.69) is 15.4 Å². The molecule has 2 unspecified atom stereocenters. The van der Waals surface area contributed by atoms with Gasteiger partial charge in [-0.2, -0.15) is 5.10 Å². The number of amides is 1. The summed E-state index contributed by atoms with van der Waals surface area (Å²) in [6.45, 7) is -0.00527. The Hall–Kier alpha value is -3.23. The van der Waals surface area contributed by atoms with Crippen LogP contribution in [-0.2, 0) is 11.3 Å². The smallest absolute Gasteiger partial charge is 0.407 e. The standard InChI is InChI=1S/C19H20N4O4/c24-17(10-21-19(26)27-11-14-4-2-1-3-5-14)18(25)15-6-8-16(9-7-15)23-13-20-12-22-23/h1-9,12-13,17-18,24-25H,10-11H2,(H,21,26). The molecule has 2 aromatic carbocycles. The molecule has 3 rings (SSSR count). The lowest BCUT2D eigenvalue weighted by atomic mass is 10.0. The monoisotopic (exact) mass is 368 g/mol. The molecule has 8 heteroatoms. The number of benzene rings is 2. The lowest BCUT2D eigenvalue weighted by molar-refractivity contribution is 0.0184. The maximum Gasteiger partial charge on any atom is 0.407 e. The maximum absolute atomic E-state index is 11.7. The van der Waals surface area contributed by atoms with Gasteiger partial charge in [-0.15, -0.1) is 0 Å². The summed E-state index contributed by atoms with van der Waals surface area (Å²) in [6.07, 6.45) is 0.00249. The normalized spacial score (nSPS) is 13.0. The number of ether oxygens (including phenoxy) is 1. The minimum atomic E-state index is -1.17. The molecule has 0 radical (unpaired) electrons. The number of nitrogens with zero attached hydrogens (tertiary/aromatic N) is 3. The topological polar surface area (TPSA) is 110 Å². The summed E-state index contributed by atoms with van der Waals surface area (Å²) in [7, 11) is 0. The Balaban J connectivity index is 1.47. The van der Waals surface area contributed by atoms with Crippen molar-refractivity contribution in [3.8, 4) is 5.69 Å². The first-order valence-electron chi connectivity index (χ1n) is 8.39. The molecule has 0 saturated carbocycles. The molecule has 0 saturated heterocycles. The van der Waals surface area contributed by atoms with Crippen LogP contribution >= 0.6 is 0 Å². The van der Waals surface area contributed by atoms with Crippen molar-refractivity contribution in [2.24, 2.45) is 0 Å². The third kappa shape index (κ3) is 5.13. The molecule has 0 aliphatic carbocycles. The van der Waals surface area contributed by atoms with Gasteiger partial charge < -0.3 is 20.3 Å². The Morgan fingerprint density at radius 2 is 1.85 bits per heavy atom. The van der Waals surface area contributed by atoms with E-state index in [0.717, 1.165) is 11.3 Å². The van der Waals surface area contributed by atoms with Crippen LogP contribution in [0, 0.1) is 0 Å². The van der Waals surface area contributed by atoms with Crippen LogP contribution in [0.2, 0.25) is 0 Å². The fourth-order valence-electron chi connectivity index (χ4n) is 2.46. The first-order chi connectivity index (χ1) is 13.1. The van der Waals surface area contributed by atoms with Gasteiger partial charge in [0, 0.05) is 6.54 Å². The quantitative estimate of drug-likeness (QED) is 0.584. The van der Waals surface area contributed by atoms with Crippen molar-refractivity contribution in [1.82, 2.24) is 20.1 Å². The van der Waals surface area contributed by atoms with Gasteiger partial charge in [0.15, 0.2) is 0 Å². The minimum Gasteiger partial charge on any atom is -0.445 e. The summed E-state index contributed by atoms with van der Waals surface area (Å²) in [4.78, 5) is 15.6. The molecule has 1 aromatic heterocycles. The number of carbonyl (C=O) groups excluding carboxylic acids is 1. The van der Waals surface area contributed by atoms with Crippen molar-refractivity contribution >= 4 is 6.09 Å². The average Bonchev–Trinajstić information content (AvgIpc) is 3.25. The van der Waals surface area contributed by atoms with E-state index < -0.39 is 18.3 Å². The second kappa shape index (κ2) is 8.93. The Morgan fingerprint density at radius 3 is 2.52 bits per heavy atom. The van der Waals surface area contributed by atoms with Gasteiger partial charge in [0.05, 0.1) is 5.69 Å². The van der Waals surface area contributed by atoms with Gasteiger partial charge in [-0.05, 0) is 23.3 Å². The van der Waals surface area contributed by atoms with Crippen LogP contribution in [0.4, 0.5) is 4.79 Å². The fourth-order valence-corrected chi connectivity index (χ4v) is 2.46. The van der Waals surface area contributed by atoms with Gasteiger partial charge in [0.1, 0.15) is 31.5 Å². The summed E-state index contributed by atoms with van der Waals surface area (Å²) in [5.74, 6) is 0. The number of alkyl carbamates (subject to hydrolysis) is 1. The number of hydrogen-bond donors (Lipinski definition) is 3. The van der Waals surface area contributed by atoms with E-state index in [1.54, 1.807) is 35.3 Å². The van der Waals surface area contributed by atoms with E-state index in [1.807, 2.05) is 30.3 Å². The van der Waals surface area contributed by atoms with Crippen molar-refractivity contribution in [1.29, 1.82) is 0 Å². The highest BCUT2D eigenvalue weighted by atomic mass is 16.5. The lowest BCUT2D eigenvalue weighted by Crippen LogP contribution is -2.35. The van der Waals surface area contributed by atoms with Crippen molar-refractivity contribution in [3.63, 3.8) is 0 Å². The fraction of sp³-hybridized carbons (Fsp3) is 0.211. The second-order valence-corrected chi connectivity index (χ2v) is 5.89. The number of hydrogen-bond acceptors (Lipinski definition) is 6. The van der Waals surface area contributed by atoms with Crippen LogP contribution in [0.5, 0.6) is 0 Å². The van der Waals surface area contributed by atoms with Gasteiger partial charge in [0.2, 0.25) is 0 Å². The Kier molecular flexibility index (Phi) is 6.14. The first kappa shape index (κ1) is 18.6. The number of rotatable bonds is 7. The van der Waals surface area contributed by atoms with Crippen LogP contribution < -0.4 is 5.32 Å². The van der Waals surface area contributed by atoms with Crippen molar-refractivity contribution in [2.75, 3.05) is 6.54 Å². The van der Waals surface area contributed by atoms with E-state index in [0.29, 0.717) is 5.56 Å². The van der Waals surface area contributed by atoms with Crippen LogP contribution in [-0.4, -0.2) is 43.7 Å². The number of aromatic nitrogens is 3. The number of aliphatic hydroxyl groups excluding tert-OH is 2. The molecule has 27 heavy (non-hydrogen) atoms. The Morgan fingerprint density at radius 1 is 1.11 bits per heavy atom. The molecule has 1 heterocycles. The molecule has 0 spiro atoms. The van der Waals surface area contributed by atoms with Crippen molar-refractivity contribution < 1.29 is 19.7 Å². The van der Waals surface area contributed by atoms with Gasteiger partial charge >= 0.3 is 6.09 Å². The van der Waals surface area contributed by atoms with Crippen molar-refractivity contribution in [3.05, 3.63) is 78.4 Å². The van der Waals surface area contributed by atoms with Gasteiger partial charge in [-0.1, -0.05) is 42.5 Å². The molecule has 2 atom stereocenters. The Labute approximate surface area is 156 Å². The molecule has 3 aromatic rings. The van der Waals surface area contributed by atoms with Gasteiger partial charge in [-0.25, -0.2) is 14.5 Å². The molecule has 0 aliphatic rings. The zero-order chi connectivity index (χ0) is 19.1. The highest BCUT2D eigenvalue weighted by Gasteiger charge is 2.19. The molecule has 8 nitrogen and oxygen atoms in total. The average molecular weight is 368 g/mol. The predicted molar refractivity (Wildman–Crippen MR) is 97.0 cm³/mol. The highest BCUT2D eigenvalue weighted by molar-refractivity contribution is 5.67. The third-order valence-electron chi connectivity index (χ3n) is 3.95. The minimum absolute atomic E-state index is 0.134. The molecule has 0 bridgehead atoms. The molecule has 140 valence electrons. The first-order valence-corrected chi connectivity index (χ1v) is 8.39. The van der Waals surface area contributed by atoms with E-state index in [4.69, 9.17) is 4.74 Å². The van der Waals surface area contributed by atoms with Crippen LogP contribution in [0.15, 0.2) is 67.3 Å². The molecular formula is C19H20N4O4. The highest BCUT2D eigenvalue weighted by Crippen LogP contribution is 2.18. The number of carbonyl (C=O) groups is 1. The predicted octanol–water partition coefficient (Wildman–Crippen LogP) is 1.59. The largest absolute Gasteiger partial charge is 0.445 e. The summed E-state index contributed by atoms with van der Waals surface area (Å²) in [6, 6.07) is 16.1. The Bertz CT molecular complexity index is 838. The molecule has 0 aliphatic heterocycles. The molecule has 1 amide bonds. The van der Waals surface area contributed by atoms with E-state index >= 15 is 0 Å². The second-order valence-electron chi connectivity index (χ2n) is 5.89. The van der Waals surface area contributed by atoms with Crippen LogP contribution in [0.1, 0.15) is 17.2 Å². The van der Waals surface area contributed by atoms with Gasteiger partial charge in [0.25, 0.3) is 0 Å². The summed E-state index contributed by atoms with van der Waals surface area (Å²) < 4.78 is 6.64. The van der Waals surface area contributed by atoms with Crippen molar-refractivity contribution in [2.45, 2.75) is 18.8 Å². The molecule has 0 fully saturated rings. The van der Waals surface area contributed by atoms with Crippen LogP contribution in [0.25, 0.3) is 5.69 Å². The third-order valence-corrected chi connectivity index (χ3v) is 3.95. The van der Waals surface area contributed by atoms with E-state index in [-0.39, 0.29) is 13.2 Å². The number of nitrogens with one attached hydrogen (secondary N) is 1. The van der Waals surface area contributed by atoms with E-state index in [9.17, 15) is 15.0 Å². The lowest BCUT2D eigenvalue weighted by Gasteiger charge is -2.19. The summed E-state index contributed by atoms with van der Waals surface area (Å²) in [5, 5.41) is 26.8.